The lowest BCUT2D eigenvalue weighted by atomic mass is 9.80. The van der Waals surface area contributed by atoms with Crippen molar-refractivity contribution < 1.29 is 72.6 Å². The lowest BCUT2D eigenvalue weighted by molar-refractivity contribution is -0.143. The third kappa shape index (κ3) is 18.5. The number of likely N-dealkylation sites (tertiary alicyclic amines) is 2. The number of nitrogens with two attached hydrogens (primary N) is 1. The summed E-state index contributed by atoms with van der Waals surface area (Å²) in [5.74, 6) is -2.22. The van der Waals surface area contributed by atoms with E-state index in [9.17, 15) is 73.6 Å². The van der Waals surface area contributed by atoms with Crippen LogP contribution in [0, 0.1) is 40.4 Å². The largest absolute Gasteiger partial charge is 0.444 e. The maximum Gasteiger partial charge on any atom is 0.416 e. The molecule has 24 heteroatoms. The zero-order chi connectivity index (χ0) is 57.9. The molecule has 0 atom stereocenters. The van der Waals surface area contributed by atoms with Crippen LogP contribution in [0.1, 0.15) is 128 Å². The zero-order valence-corrected chi connectivity index (χ0v) is 44.7. The van der Waals surface area contributed by atoms with Crippen LogP contribution < -0.4 is 5.73 Å². The average Bonchev–Trinajstić information content (AvgIpc) is 3.31. The highest BCUT2D eigenvalue weighted by Crippen LogP contribution is 2.38. The topological polar surface area (TPSA) is 173 Å². The van der Waals surface area contributed by atoms with E-state index < -0.39 is 88.5 Å². The smallest absolute Gasteiger partial charge is 0.416 e. The van der Waals surface area contributed by atoms with Gasteiger partial charge in [0.05, 0.1) is 49.4 Å². The molecule has 4 aliphatic rings. The number of carbonyl (C=O) groups excluding carboxylic acids is 4. The van der Waals surface area contributed by atoms with Gasteiger partial charge in [0.25, 0.3) is 0 Å². The summed E-state index contributed by atoms with van der Waals surface area (Å²) < 4.78 is 138. The van der Waals surface area contributed by atoms with Crippen LogP contribution in [0.15, 0.2) is 48.5 Å². The van der Waals surface area contributed by atoms with Gasteiger partial charge in [-0.3, -0.25) is 9.59 Å². The number of nitrogens with zero attached hydrogens (tertiary/aromatic N) is 6. The molecule has 0 spiro atoms. The highest BCUT2D eigenvalue weighted by atomic mass is 35.5. The second-order valence-electron chi connectivity index (χ2n) is 22.1. The maximum atomic E-state index is 13.4. The Morgan fingerprint density at radius 2 is 0.961 bits per heavy atom. The minimum absolute atomic E-state index is 0.0700. The van der Waals surface area contributed by atoms with Crippen molar-refractivity contribution in [2.45, 2.75) is 172 Å². The summed E-state index contributed by atoms with van der Waals surface area (Å²) in [7, 11) is 0. The van der Waals surface area contributed by atoms with E-state index in [0.717, 1.165) is 37.1 Å². The van der Waals surface area contributed by atoms with Crippen molar-refractivity contribution in [1.29, 1.82) is 10.5 Å². The quantitative estimate of drug-likeness (QED) is 0.160. The third-order valence-electron chi connectivity index (χ3n) is 13.7. The molecule has 77 heavy (non-hydrogen) atoms. The lowest BCUT2D eigenvalue weighted by Gasteiger charge is -2.51. The number of rotatable bonds is 12. The Balaban J connectivity index is 0.000000288. The molecule has 6 rings (SSSR count). The fourth-order valence-corrected chi connectivity index (χ4v) is 9.41. The molecule has 2 aliphatic heterocycles. The molecule has 428 valence electrons. The summed E-state index contributed by atoms with van der Waals surface area (Å²) in [4.78, 5) is 55.6. The molecule has 2 heterocycles. The van der Waals surface area contributed by atoms with Crippen LogP contribution in [0.3, 0.4) is 0 Å². The molecule has 0 bridgehead atoms. The first-order valence-corrected chi connectivity index (χ1v) is 25.8. The fourth-order valence-electron chi connectivity index (χ4n) is 9.27. The van der Waals surface area contributed by atoms with E-state index >= 15 is 0 Å². The summed E-state index contributed by atoms with van der Waals surface area (Å²) in [5, 5.41) is 19.8. The zero-order valence-electron chi connectivity index (χ0n) is 44.0. The minimum Gasteiger partial charge on any atom is -0.444 e. The molecule has 2 aromatic carbocycles. The van der Waals surface area contributed by atoms with Crippen molar-refractivity contribution in [3.63, 3.8) is 0 Å². The summed E-state index contributed by atoms with van der Waals surface area (Å²) in [6.45, 7) is 9.66. The third-order valence-corrected chi connectivity index (χ3v) is 13.9. The van der Waals surface area contributed by atoms with Crippen molar-refractivity contribution in [2.24, 2.45) is 23.5 Å². The Hall–Kier alpha value is -5.55. The van der Waals surface area contributed by atoms with E-state index in [1.807, 2.05) is 0 Å². The Bertz CT molecular complexity index is 2360. The molecule has 13 nitrogen and oxygen atoms in total. The van der Waals surface area contributed by atoms with E-state index in [2.05, 4.69) is 12.1 Å². The second-order valence-corrected chi connectivity index (χ2v) is 22.4. The SMILES string of the molecule is CC(C)(C)OC(=O)N1CC(C#N)(N(Cc2ccc(C(F)(F)F)cc2)C(=O)CCC2CCC(C(F)F)CC2)C1.CC(C)(C)OC(=O)N1CC(C#N)(N(Cc2ccc(C(F)(F)F)cc2)C(=O)CCl)C1.NC1CCC(C(F)F)CC1. The van der Waals surface area contributed by atoms with Crippen molar-refractivity contribution in [2.75, 3.05) is 32.1 Å². The summed E-state index contributed by atoms with van der Waals surface area (Å²) in [5.41, 5.74) is 0.580. The first kappa shape index (κ1) is 64.0. The van der Waals surface area contributed by atoms with E-state index in [-0.39, 0.29) is 69.5 Å². The van der Waals surface area contributed by atoms with Gasteiger partial charge < -0.3 is 34.8 Å². The number of hydrogen-bond acceptors (Lipinski definition) is 9. The number of amides is 4. The molecular formula is C53H68ClF10N7O6. The van der Waals surface area contributed by atoms with Gasteiger partial charge in [0, 0.05) is 37.4 Å². The molecule has 4 amide bonds. The number of carbonyl (C=O) groups is 4. The van der Waals surface area contributed by atoms with Crippen LogP contribution in [0.2, 0.25) is 0 Å². The molecule has 2 aliphatic carbocycles. The lowest BCUT2D eigenvalue weighted by Crippen LogP contribution is -2.71. The van der Waals surface area contributed by atoms with Gasteiger partial charge in [-0.1, -0.05) is 24.3 Å². The first-order chi connectivity index (χ1) is 35.6. The van der Waals surface area contributed by atoms with Gasteiger partial charge in [-0.25, -0.2) is 27.2 Å². The van der Waals surface area contributed by atoms with Gasteiger partial charge in [0.15, 0.2) is 11.1 Å². The predicted molar refractivity (Wildman–Crippen MR) is 264 cm³/mol. The Kier molecular flexibility index (Phi) is 21.9. The van der Waals surface area contributed by atoms with E-state index in [1.165, 1.54) is 43.9 Å². The van der Waals surface area contributed by atoms with Gasteiger partial charge in [-0.2, -0.15) is 36.9 Å². The standard InChI is InChI=1S/C27H34F5N3O3.C19H21ClF3N3O3.C7H13F2N/c1-25(2,3)38-24(37)34-16-26(15-33,17-34)35(14-19-6-11-21(12-7-19)27(30,31)32)22(36)13-8-18-4-9-20(10-5-18)23(28)29;1-17(2,3)29-16(28)25-11-18(10-24,12-25)26(15(27)8-20)9-13-4-6-14(7-5-13)19(21,22)23;8-7(9)5-1-3-6(10)4-2-5/h6-7,11-12,18,20,23H,4-5,8-10,13-14,16-17H2,1-3H3;4-7H,8-9,11-12H2,1-3H3;5-7H,1-4,10H2. The van der Waals surface area contributed by atoms with Crippen molar-refractivity contribution >= 4 is 35.6 Å². The predicted octanol–water partition coefficient (Wildman–Crippen LogP) is 12.0. The van der Waals surface area contributed by atoms with E-state index in [4.69, 9.17) is 26.8 Å². The molecule has 2 aromatic rings. The summed E-state index contributed by atoms with van der Waals surface area (Å²) in [6, 6.07) is 13.1. The molecule has 2 N–H and O–H groups in total. The Morgan fingerprint density at radius 1 is 0.623 bits per heavy atom. The Labute approximate surface area is 447 Å². The monoisotopic (exact) mass is 1120 g/mol. The highest BCUT2D eigenvalue weighted by molar-refractivity contribution is 6.27. The van der Waals surface area contributed by atoms with Crippen molar-refractivity contribution in [3.8, 4) is 12.1 Å². The first-order valence-electron chi connectivity index (χ1n) is 25.2. The molecule has 0 aromatic heterocycles. The normalized spacial score (nSPS) is 21.1. The average molecular weight is 1120 g/mol. The number of nitriles is 2. The number of ether oxygens (including phenoxy) is 2. The summed E-state index contributed by atoms with van der Waals surface area (Å²) in [6.07, 6.45) is -9.40. The maximum absolute atomic E-state index is 13.4. The van der Waals surface area contributed by atoms with Crippen LogP contribution in [0.4, 0.5) is 53.5 Å². The van der Waals surface area contributed by atoms with Gasteiger partial charge in [-0.05, 0) is 141 Å². The minimum atomic E-state index is -4.51. The van der Waals surface area contributed by atoms with E-state index in [0.29, 0.717) is 56.1 Å². The highest BCUT2D eigenvalue weighted by Gasteiger charge is 2.54. The van der Waals surface area contributed by atoms with Crippen LogP contribution in [0.5, 0.6) is 0 Å². The van der Waals surface area contributed by atoms with Crippen LogP contribution in [0.25, 0.3) is 0 Å². The van der Waals surface area contributed by atoms with Gasteiger partial charge >= 0.3 is 24.5 Å². The number of alkyl halides is 11. The van der Waals surface area contributed by atoms with Crippen LogP contribution in [-0.4, -0.2) is 117 Å². The fraction of sp³-hybridized carbons (Fsp3) is 0.660. The molecule has 4 fully saturated rings. The molecular weight excluding hydrogens is 1060 g/mol. The van der Waals surface area contributed by atoms with Gasteiger partial charge in [0.1, 0.15) is 17.1 Å². The van der Waals surface area contributed by atoms with Crippen LogP contribution >= 0.6 is 11.6 Å². The molecule has 2 saturated heterocycles. The molecule has 2 saturated carbocycles. The van der Waals surface area contributed by atoms with E-state index in [1.54, 1.807) is 41.5 Å². The number of hydrogen-bond donors (Lipinski definition) is 1. The van der Waals surface area contributed by atoms with Crippen molar-refractivity contribution in [1.82, 2.24) is 19.6 Å². The molecule has 0 radical (unpaired) electrons. The number of halogens is 11. The summed E-state index contributed by atoms with van der Waals surface area (Å²) >= 11 is 5.67. The number of benzene rings is 2. The van der Waals surface area contributed by atoms with Gasteiger partial charge in [-0.15, -0.1) is 11.6 Å². The second kappa shape index (κ2) is 26.4. The van der Waals surface area contributed by atoms with Gasteiger partial charge in [0.2, 0.25) is 24.7 Å². The molecule has 0 unspecified atom stereocenters. The van der Waals surface area contributed by atoms with Crippen LogP contribution in [-0.2, 0) is 44.5 Å². The Morgan fingerprint density at radius 3 is 1.26 bits per heavy atom. The van der Waals surface area contributed by atoms with Crippen molar-refractivity contribution in [3.05, 3.63) is 70.8 Å².